The minimum absolute atomic E-state index is 0.306. The van der Waals surface area contributed by atoms with Gasteiger partial charge in [0, 0.05) is 23.2 Å². The highest BCUT2D eigenvalue weighted by molar-refractivity contribution is 7.17. The van der Waals surface area contributed by atoms with Crippen LogP contribution in [0.4, 0.5) is 15.3 Å². The number of piperidine rings is 1. The van der Waals surface area contributed by atoms with Crippen molar-refractivity contribution in [3.63, 3.8) is 0 Å². The number of benzene rings is 1. The van der Waals surface area contributed by atoms with Crippen molar-refractivity contribution in [1.29, 1.82) is 5.26 Å². The smallest absolute Gasteiger partial charge is 0.195 e. The van der Waals surface area contributed by atoms with Crippen molar-refractivity contribution in [2.75, 3.05) is 24.5 Å². The van der Waals surface area contributed by atoms with E-state index in [-0.39, 0.29) is 5.82 Å². The number of fused-ring (bicyclic) bond motifs is 1. The van der Waals surface area contributed by atoms with Crippen LogP contribution in [0.3, 0.4) is 0 Å². The Kier molecular flexibility index (Phi) is 6.15. The van der Waals surface area contributed by atoms with Crippen molar-refractivity contribution in [1.82, 2.24) is 19.7 Å². The third-order valence-electron chi connectivity index (χ3n) is 6.10. The molecule has 9 heteroatoms. The molecule has 0 spiro atoms. The molecule has 0 aliphatic carbocycles. The van der Waals surface area contributed by atoms with Crippen LogP contribution < -0.4 is 10.2 Å². The number of aromatic nitrogens is 3. The third-order valence-corrected chi connectivity index (χ3v) is 8.23. The van der Waals surface area contributed by atoms with Gasteiger partial charge < -0.3 is 10.2 Å². The van der Waals surface area contributed by atoms with E-state index >= 15 is 0 Å². The molecule has 4 aromatic rings. The molecule has 0 saturated carbocycles. The van der Waals surface area contributed by atoms with Crippen LogP contribution in [0.25, 0.3) is 16.2 Å². The van der Waals surface area contributed by atoms with Crippen LogP contribution in [0.5, 0.6) is 0 Å². The van der Waals surface area contributed by atoms with E-state index in [0.717, 1.165) is 59.5 Å². The summed E-state index contributed by atoms with van der Waals surface area (Å²) in [5, 5.41) is 13.9. The highest BCUT2D eigenvalue weighted by Crippen LogP contribution is 2.40. The lowest BCUT2D eigenvalue weighted by Crippen LogP contribution is -2.26. The number of rotatable bonds is 6. The van der Waals surface area contributed by atoms with Gasteiger partial charge in [-0.25, -0.2) is 14.4 Å². The van der Waals surface area contributed by atoms with E-state index in [4.69, 9.17) is 9.97 Å². The van der Waals surface area contributed by atoms with E-state index in [9.17, 15) is 9.65 Å². The molecule has 3 aromatic heterocycles. The lowest BCUT2D eigenvalue weighted by Gasteiger charge is -2.22. The molecule has 1 aliphatic heterocycles. The van der Waals surface area contributed by atoms with Gasteiger partial charge in [-0.05, 0) is 69.5 Å². The number of hydrogen-bond acceptors (Lipinski definition) is 7. The minimum atomic E-state index is -0.306. The van der Waals surface area contributed by atoms with Crippen molar-refractivity contribution < 1.29 is 4.39 Å². The first-order chi connectivity index (χ1) is 16.1. The zero-order chi connectivity index (χ0) is 22.9. The lowest BCUT2D eigenvalue weighted by atomic mass is 9.97. The molecule has 0 atom stereocenters. The van der Waals surface area contributed by atoms with Crippen molar-refractivity contribution in [2.24, 2.45) is 0 Å². The van der Waals surface area contributed by atoms with Crippen LogP contribution in [0.2, 0.25) is 0 Å². The van der Waals surface area contributed by atoms with Gasteiger partial charge in [-0.3, -0.25) is 4.40 Å². The molecule has 0 amide bonds. The van der Waals surface area contributed by atoms with E-state index in [2.05, 4.69) is 40.7 Å². The summed E-state index contributed by atoms with van der Waals surface area (Å²) < 4.78 is 15.6. The molecule has 5 rings (SSSR count). The van der Waals surface area contributed by atoms with E-state index in [0.29, 0.717) is 23.0 Å². The van der Waals surface area contributed by atoms with E-state index in [1.54, 1.807) is 23.5 Å². The van der Waals surface area contributed by atoms with E-state index in [1.165, 1.54) is 28.3 Å². The Morgan fingerprint density at radius 1 is 1.18 bits per heavy atom. The molecular weight excluding hydrogens is 455 g/mol. The van der Waals surface area contributed by atoms with Gasteiger partial charge in [-0.1, -0.05) is 18.3 Å². The van der Waals surface area contributed by atoms with Gasteiger partial charge in [0.1, 0.15) is 28.3 Å². The molecule has 1 aliphatic rings. The molecule has 0 bridgehead atoms. The Morgan fingerprint density at radius 3 is 2.61 bits per heavy atom. The van der Waals surface area contributed by atoms with Crippen molar-refractivity contribution in [2.45, 2.75) is 39.0 Å². The summed E-state index contributed by atoms with van der Waals surface area (Å²) >= 11 is 3.15. The normalized spacial score (nSPS) is 14.6. The van der Waals surface area contributed by atoms with Crippen LogP contribution >= 0.6 is 22.7 Å². The number of anilines is 2. The van der Waals surface area contributed by atoms with Crippen LogP contribution in [0.15, 0.2) is 30.5 Å². The Morgan fingerprint density at radius 2 is 1.94 bits per heavy atom. The molecule has 0 radical (unpaired) electrons. The first-order valence-electron chi connectivity index (χ1n) is 11.3. The van der Waals surface area contributed by atoms with E-state index in [1.807, 2.05) is 0 Å². The average molecular weight is 481 g/mol. The number of aryl methyl sites for hydroxylation is 1. The molecular formula is C24H25FN6S2. The maximum atomic E-state index is 13.4. The number of thiazole rings is 2. The SMILES string of the molecule is CCc1nc2sc(C3CCNCC3)cn2c1N(CC)c1nc(-c2ccc(F)cc2)c(C#N)s1. The monoisotopic (exact) mass is 480 g/mol. The standard InChI is InChI=1S/C24H25FN6S2/c1-3-18-22(31-14-20(33-23(31)28-18)15-9-11-27-12-10-15)30(4-2)24-29-21(19(13-26)32-24)16-5-7-17(25)8-6-16/h5-8,14-15,27H,3-4,9-12H2,1-2H3. The molecule has 1 N–H and O–H groups in total. The largest absolute Gasteiger partial charge is 0.317 e. The topological polar surface area (TPSA) is 69.2 Å². The summed E-state index contributed by atoms with van der Waals surface area (Å²) in [6.45, 7) is 7.01. The number of hydrogen-bond donors (Lipinski definition) is 1. The maximum absolute atomic E-state index is 13.4. The molecule has 33 heavy (non-hydrogen) atoms. The van der Waals surface area contributed by atoms with Gasteiger partial charge in [0.25, 0.3) is 0 Å². The fourth-order valence-electron chi connectivity index (χ4n) is 4.39. The molecule has 170 valence electrons. The molecule has 4 heterocycles. The summed E-state index contributed by atoms with van der Waals surface area (Å²) in [7, 11) is 0. The predicted molar refractivity (Wildman–Crippen MR) is 132 cm³/mol. The number of nitrogens with one attached hydrogen (secondary N) is 1. The number of halogens is 1. The number of imidazole rings is 1. The quantitative estimate of drug-likeness (QED) is 0.382. The summed E-state index contributed by atoms with van der Waals surface area (Å²) in [5.41, 5.74) is 2.36. The van der Waals surface area contributed by atoms with Crippen LogP contribution in [0.1, 0.15) is 48.1 Å². The minimum Gasteiger partial charge on any atom is -0.317 e. The fraction of sp³-hybridized carbons (Fsp3) is 0.375. The van der Waals surface area contributed by atoms with Gasteiger partial charge >= 0.3 is 0 Å². The molecule has 0 unspecified atom stereocenters. The van der Waals surface area contributed by atoms with Gasteiger partial charge in [0.15, 0.2) is 10.1 Å². The van der Waals surface area contributed by atoms with Crippen molar-refractivity contribution in [3.8, 4) is 17.3 Å². The Labute approximate surface area is 200 Å². The van der Waals surface area contributed by atoms with Gasteiger partial charge in [-0.2, -0.15) is 5.26 Å². The molecule has 6 nitrogen and oxygen atoms in total. The van der Waals surface area contributed by atoms with Crippen LogP contribution in [0, 0.1) is 17.1 Å². The summed E-state index contributed by atoms with van der Waals surface area (Å²) in [6.07, 6.45) is 5.36. The van der Waals surface area contributed by atoms with Crippen LogP contribution in [-0.4, -0.2) is 34.0 Å². The summed E-state index contributed by atoms with van der Waals surface area (Å²) in [5.74, 6) is 1.29. The summed E-state index contributed by atoms with van der Waals surface area (Å²) in [4.78, 5) is 14.8. The second-order valence-electron chi connectivity index (χ2n) is 8.08. The first-order valence-corrected chi connectivity index (χ1v) is 12.9. The van der Waals surface area contributed by atoms with Gasteiger partial charge in [-0.15, -0.1) is 11.3 Å². The second-order valence-corrected chi connectivity index (χ2v) is 10.1. The zero-order valence-electron chi connectivity index (χ0n) is 18.6. The highest BCUT2D eigenvalue weighted by Gasteiger charge is 2.26. The Balaban J connectivity index is 1.58. The molecule has 1 aromatic carbocycles. The van der Waals surface area contributed by atoms with Gasteiger partial charge in [0.05, 0.1) is 5.69 Å². The van der Waals surface area contributed by atoms with Crippen molar-refractivity contribution in [3.05, 3.63) is 51.7 Å². The Hall–Kier alpha value is -2.80. The second kappa shape index (κ2) is 9.21. The average Bonchev–Trinajstić information content (AvgIpc) is 3.54. The fourth-order valence-corrected chi connectivity index (χ4v) is 6.51. The van der Waals surface area contributed by atoms with Crippen LogP contribution in [-0.2, 0) is 6.42 Å². The summed E-state index contributed by atoms with van der Waals surface area (Å²) in [6, 6.07) is 8.42. The zero-order valence-corrected chi connectivity index (χ0v) is 20.3. The first kappa shape index (κ1) is 22.0. The van der Waals surface area contributed by atoms with Gasteiger partial charge in [0.2, 0.25) is 0 Å². The van der Waals surface area contributed by atoms with E-state index < -0.39 is 0 Å². The predicted octanol–water partition coefficient (Wildman–Crippen LogP) is 5.72. The maximum Gasteiger partial charge on any atom is 0.195 e. The number of nitriles is 1. The third kappa shape index (κ3) is 4.03. The number of nitrogens with zero attached hydrogens (tertiary/aromatic N) is 5. The van der Waals surface area contributed by atoms with Crippen molar-refractivity contribution >= 4 is 38.6 Å². The lowest BCUT2D eigenvalue weighted by molar-refractivity contribution is 0.464. The highest BCUT2D eigenvalue weighted by atomic mass is 32.1. The molecule has 1 fully saturated rings. The Bertz CT molecular complexity index is 1310. The molecule has 1 saturated heterocycles.